The second kappa shape index (κ2) is 8.16. The van der Waals surface area contributed by atoms with E-state index < -0.39 is 11.3 Å². The molecule has 0 aliphatic heterocycles. The molecule has 33 heavy (non-hydrogen) atoms. The van der Waals surface area contributed by atoms with Gasteiger partial charge in [0.05, 0.1) is 18.8 Å². The third kappa shape index (κ3) is 3.65. The van der Waals surface area contributed by atoms with Gasteiger partial charge in [-0.3, -0.25) is 9.48 Å². The number of aliphatic hydroxyl groups is 1. The SMILES string of the molecule is COC[C@@]1(O)CC[C@@]2(F)[C@H](CC[C@H]3[C@@H]4CC[C@H](C(=O)Cn5ccc(C#N)n5)[C@@]4(C)CC[C@@H]32)C1. The Bertz CT molecular complexity index is 959. The van der Waals surface area contributed by atoms with Gasteiger partial charge in [0, 0.05) is 19.2 Å². The maximum absolute atomic E-state index is 16.6. The van der Waals surface area contributed by atoms with Gasteiger partial charge < -0.3 is 9.84 Å². The smallest absolute Gasteiger partial charge is 0.162 e. The van der Waals surface area contributed by atoms with Gasteiger partial charge in [-0.1, -0.05) is 6.92 Å². The van der Waals surface area contributed by atoms with Crippen LogP contribution in [0, 0.1) is 46.3 Å². The van der Waals surface area contributed by atoms with Gasteiger partial charge in [0.25, 0.3) is 0 Å². The summed E-state index contributed by atoms with van der Waals surface area (Å²) in [5.74, 6) is 0.823. The van der Waals surface area contributed by atoms with E-state index >= 15 is 4.39 Å². The number of nitrogens with zero attached hydrogens (tertiary/aromatic N) is 3. The number of alkyl halides is 1. The molecule has 0 bridgehead atoms. The van der Waals surface area contributed by atoms with E-state index in [1.165, 1.54) is 0 Å². The Morgan fingerprint density at radius 1 is 1.27 bits per heavy atom. The number of halogens is 1. The molecule has 6 nitrogen and oxygen atoms in total. The van der Waals surface area contributed by atoms with E-state index in [2.05, 4.69) is 12.0 Å². The van der Waals surface area contributed by atoms with Gasteiger partial charge >= 0.3 is 0 Å². The van der Waals surface area contributed by atoms with E-state index in [-0.39, 0.29) is 42.1 Å². The summed E-state index contributed by atoms with van der Waals surface area (Å²) >= 11 is 0. The summed E-state index contributed by atoms with van der Waals surface area (Å²) in [5.41, 5.74) is -1.85. The number of rotatable bonds is 5. The number of hydrogen-bond donors (Lipinski definition) is 1. The number of methoxy groups -OCH3 is 1. The molecule has 0 aromatic carbocycles. The average molecular weight is 458 g/mol. The fourth-order valence-electron chi connectivity index (χ4n) is 8.58. The number of ketones is 1. The van der Waals surface area contributed by atoms with E-state index in [0.29, 0.717) is 36.8 Å². The van der Waals surface area contributed by atoms with E-state index in [1.54, 1.807) is 24.1 Å². The number of Topliss-reactive ketones (excluding diaryl/α,β-unsaturated/α-hetero) is 1. The quantitative estimate of drug-likeness (QED) is 0.720. The molecule has 4 fully saturated rings. The van der Waals surface area contributed by atoms with Crippen LogP contribution in [0.4, 0.5) is 4.39 Å². The highest BCUT2D eigenvalue weighted by molar-refractivity contribution is 5.82. The first-order valence-corrected chi connectivity index (χ1v) is 12.6. The molecular formula is C26H36FN3O3. The lowest BCUT2D eigenvalue weighted by molar-refractivity contribution is -0.178. The maximum Gasteiger partial charge on any atom is 0.162 e. The van der Waals surface area contributed by atoms with Crippen molar-refractivity contribution in [3.63, 3.8) is 0 Å². The molecule has 4 saturated carbocycles. The van der Waals surface area contributed by atoms with Crippen molar-refractivity contribution < 1.29 is 19.0 Å². The number of aromatic nitrogens is 2. The highest BCUT2D eigenvalue weighted by atomic mass is 19.1. The Balaban J connectivity index is 1.31. The van der Waals surface area contributed by atoms with Crippen LogP contribution >= 0.6 is 0 Å². The Hall–Kier alpha value is -1.78. The van der Waals surface area contributed by atoms with Crippen LogP contribution in [0.25, 0.3) is 0 Å². The number of fused-ring (bicyclic) bond motifs is 5. The molecule has 1 aromatic rings. The first-order valence-electron chi connectivity index (χ1n) is 12.6. The summed E-state index contributed by atoms with van der Waals surface area (Å²) in [4.78, 5) is 13.3. The molecular weight excluding hydrogens is 421 g/mol. The average Bonchev–Trinajstić information content (AvgIpc) is 3.38. The fraction of sp³-hybridized carbons (Fsp3) is 0.808. The van der Waals surface area contributed by atoms with Gasteiger partial charge in [0.2, 0.25) is 0 Å². The molecule has 0 unspecified atom stereocenters. The van der Waals surface area contributed by atoms with E-state index in [4.69, 9.17) is 10.00 Å². The van der Waals surface area contributed by atoms with Crippen molar-refractivity contribution in [3.8, 4) is 6.07 Å². The lowest BCUT2D eigenvalue weighted by Gasteiger charge is -2.59. The van der Waals surface area contributed by atoms with Crippen LogP contribution < -0.4 is 0 Å². The topological polar surface area (TPSA) is 88.1 Å². The standard InChI is InChI=1S/C26H36FN3O3/c1-24-9-7-21-19(4-3-17-13-25(32,16-33-2)10-11-26(17,21)27)20(24)5-6-22(24)23(31)15-30-12-8-18(14-28)29-30/h8,12,17,19-22,32H,3-7,9-11,13,15-16H2,1-2H3/t17-,19+,20+,21+,22-,24+,25-,26-/m1/s1. The van der Waals surface area contributed by atoms with Crippen molar-refractivity contribution in [1.29, 1.82) is 5.26 Å². The van der Waals surface area contributed by atoms with Crippen LogP contribution in [-0.2, 0) is 16.1 Å². The van der Waals surface area contributed by atoms with Gasteiger partial charge in [-0.05, 0) is 92.9 Å². The summed E-state index contributed by atoms with van der Waals surface area (Å²) in [7, 11) is 1.60. The maximum atomic E-state index is 16.6. The van der Waals surface area contributed by atoms with Gasteiger partial charge in [-0.25, -0.2) is 4.39 Å². The normalized spacial score (nSPS) is 44.4. The number of carbonyl (C=O) groups is 1. The number of nitriles is 1. The van der Waals surface area contributed by atoms with Gasteiger partial charge in [-0.15, -0.1) is 0 Å². The highest BCUT2D eigenvalue weighted by Crippen LogP contribution is 2.66. The summed E-state index contributed by atoms with van der Waals surface area (Å²) in [6.07, 6.45) is 8.48. The minimum atomic E-state index is -1.20. The predicted octanol–water partition coefficient (Wildman–Crippen LogP) is 4.06. The van der Waals surface area contributed by atoms with Gasteiger partial charge in [0.1, 0.15) is 11.7 Å². The zero-order valence-corrected chi connectivity index (χ0v) is 19.8. The molecule has 180 valence electrons. The third-order valence-electron chi connectivity index (χ3n) is 10.1. The minimum absolute atomic E-state index is 0.0235. The molecule has 0 spiro atoms. The molecule has 5 rings (SSSR count). The van der Waals surface area contributed by atoms with Gasteiger partial charge in [0.15, 0.2) is 11.5 Å². The molecule has 7 heteroatoms. The zero-order valence-electron chi connectivity index (χ0n) is 19.8. The van der Waals surface area contributed by atoms with Crippen LogP contribution in [0.15, 0.2) is 12.3 Å². The van der Waals surface area contributed by atoms with Crippen molar-refractivity contribution >= 4 is 5.78 Å². The Morgan fingerprint density at radius 3 is 2.82 bits per heavy atom. The van der Waals surface area contributed by atoms with Crippen molar-refractivity contribution in [2.45, 2.75) is 82.5 Å². The predicted molar refractivity (Wildman–Crippen MR) is 120 cm³/mol. The lowest BCUT2D eigenvalue weighted by atomic mass is 9.47. The van der Waals surface area contributed by atoms with E-state index in [0.717, 1.165) is 38.5 Å². The lowest BCUT2D eigenvalue weighted by Crippen LogP contribution is -2.59. The fourth-order valence-corrected chi connectivity index (χ4v) is 8.58. The van der Waals surface area contributed by atoms with Crippen LogP contribution in [-0.4, -0.2) is 45.7 Å². The Labute approximate surface area is 195 Å². The first kappa shape index (κ1) is 23.0. The molecule has 1 N–H and O–H groups in total. The van der Waals surface area contributed by atoms with Crippen LogP contribution in [0.2, 0.25) is 0 Å². The summed E-state index contributed by atoms with van der Waals surface area (Å²) in [6, 6.07) is 3.64. The van der Waals surface area contributed by atoms with Crippen molar-refractivity contribution in [2.75, 3.05) is 13.7 Å². The molecule has 0 amide bonds. The third-order valence-corrected chi connectivity index (χ3v) is 10.1. The zero-order chi connectivity index (χ0) is 23.4. The second-order valence-corrected chi connectivity index (χ2v) is 11.6. The number of ether oxygens (including phenoxy) is 1. The highest BCUT2D eigenvalue weighted by Gasteiger charge is 2.64. The monoisotopic (exact) mass is 457 g/mol. The Kier molecular flexibility index (Phi) is 5.69. The van der Waals surface area contributed by atoms with Crippen LogP contribution in [0.5, 0.6) is 0 Å². The number of carbonyl (C=O) groups excluding carboxylic acids is 1. The molecule has 0 radical (unpaired) electrons. The molecule has 8 atom stereocenters. The van der Waals surface area contributed by atoms with Crippen LogP contribution in [0.1, 0.15) is 70.4 Å². The van der Waals surface area contributed by atoms with E-state index in [9.17, 15) is 9.90 Å². The molecule has 1 heterocycles. The summed E-state index contributed by atoms with van der Waals surface area (Å²) in [6.45, 7) is 2.75. The summed E-state index contributed by atoms with van der Waals surface area (Å²) < 4.78 is 23.5. The molecule has 4 aliphatic rings. The van der Waals surface area contributed by atoms with Gasteiger partial charge in [-0.2, -0.15) is 10.4 Å². The molecule has 1 aromatic heterocycles. The molecule has 4 aliphatic carbocycles. The van der Waals surface area contributed by atoms with Crippen LogP contribution in [0.3, 0.4) is 0 Å². The molecule has 0 saturated heterocycles. The summed E-state index contributed by atoms with van der Waals surface area (Å²) in [5, 5.41) is 24.1. The first-order chi connectivity index (χ1) is 15.7. The Morgan fingerprint density at radius 2 is 2.09 bits per heavy atom. The van der Waals surface area contributed by atoms with Crippen molar-refractivity contribution in [1.82, 2.24) is 9.78 Å². The number of hydrogen-bond acceptors (Lipinski definition) is 5. The van der Waals surface area contributed by atoms with Crippen molar-refractivity contribution in [3.05, 3.63) is 18.0 Å². The van der Waals surface area contributed by atoms with Crippen molar-refractivity contribution in [2.24, 2.45) is 35.0 Å². The largest absolute Gasteiger partial charge is 0.387 e. The second-order valence-electron chi connectivity index (χ2n) is 11.6. The minimum Gasteiger partial charge on any atom is -0.387 e. The van der Waals surface area contributed by atoms with E-state index in [1.807, 2.05) is 6.07 Å².